The molecule has 20 heavy (non-hydrogen) atoms. The fourth-order valence-electron chi connectivity index (χ4n) is 1.80. The highest BCUT2D eigenvalue weighted by Crippen LogP contribution is 2.39. The molecule has 6 heteroatoms. The van der Waals surface area contributed by atoms with Gasteiger partial charge in [-0.25, -0.2) is 0 Å². The molecule has 0 aliphatic carbocycles. The van der Waals surface area contributed by atoms with Crippen LogP contribution in [0.4, 0.5) is 13.2 Å². The minimum atomic E-state index is -4.42. The van der Waals surface area contributed by atoms with Gasteiger partial charge in [0, 0.05) is 16.1 Å². The van der Waals surface area contributed by atoms with Gasteiger partial charge in [0.2, 0.25) is 0 Å². The second-order valence-electron chi connectivity index (χ2n) is 4.04. The molecule has 0 atom stereocenters. The Morgan fingerprint density at radius 2 is 1.60 bits per heavy atom. The standard InChI is InChI=1S/C14H9Cl2F3O/c1-20-13-6-8(14(17,18)19)2-4-11(13)10-5-3-9(15)7-12(10)16/h2-7H,1H3. The second-order valence-corrected chi connectivity index (χ2v) is 4.88. The van der Waals surface area contributed by atoms with Gasteiger partial charge in [-0.15, -0.1) is 0 Å². The van der Waals surface area contributed by atoms with E-state index in [9.17, 15) is 13.2 Å². The molecular weight excluding hydrogens is 312 g/mol. The van der Waals surface area contributed by atoms with Crippen molar-refractivity contribution >= 4 is 23.2 Å². The lowest BCUT2D eigenvalue weighted by Gasteiger charge is -2.13. The maximum atomic E-state index is 12.7. The largest absolute Gasteiger partial charge is 0.496 e. The van der Waals surface area contributed by atoms with Crippen LogP contribution in [0.3, 0.4) is 0 Å². The summed E-state index contributed by atoms with van der Waals surface area (Å²) in [6, 6.07) is 8.03. The van der Waals surface area contributed by atoms with Crippen LogP contribution in [0.5, 0.6) is 5.75 Å². The Morgan fingerprint density at radius 3 is 2.15 bits per heavy atom. The molecule has 0 fully saturated rings. The first kappa shape index (κ1) is 15.0. The number of methoxy groups -OCH3 is 1. The molecule has 0 aliphatic heterocycles. The van der Waals surface area contributed by atoms with Crippen molar-refractivity contribution in [2.24, 2.45) is 0 Å². The third-order valence-electron chi connectivity index (χ3n) is 2.75. The summed E-state index contributed by atoms with van der Waals surface area (Å²) in [7, 11) is 1.31. The Labute approximate surface area is 123 Å². The zero-order valence-electron chi connectivity index (χ0n) is 10.3. The van der Waals surface area contributed by atoms with Gasteiger partial charge >= 0.3 is 6.18 Å². The van der Waals surface area contributed by atoms with Crippen LogP contribution in [-0.2, 0) is 6.18 Å². The quantitative estimate of drug-likeness (QED) is 0.690. The average molecular weight is 321 g/mol. The van der Waals surface area contributed by atoms with Gasteiger partial charge in [-0.05, 0) is 30.3 Å². The average Bonchev–Trinajstić information content (AvgIpc) is 2.37. The van der Waals surface area contributed by atoms with Crippen LogP contribution in [0.1, 0.15) is 5.56 Å². The zero-order chi connectivity index (χ0) is 14.9. The van der Waals surface area contributed by atoms with E-state index in [-0.39, 0.29) is 5.75 Å². The van der Waals surface area contributed by atoms with Gasteiger partial charge in [-0.1, -0.05) is 29.3 Å². The number of hydrogen-bond acceptors (Lipinski definition) is 1. The molecule has 106 valence electrons. The van der Waals surface area contributed by atoms with E-state index in [2.05, 4.69) is 0 Å². The normalized spacial score (nSPS) is 11.5. The van der Waals surface area contributed by atoms with E-state index < -0.39 is 11.7 Å². The van der Waals surface area contributed by atoms with Crippen LogP contribution >= 0.6 is 23.2 Å². The number of benzene rings is 2. The molecular formula is C14H9Cl2F3O. The maximum absolute atomic E-state index is 12.7. The van der Waals surface area contributed by atoms with Crippen molar-refractivity contribution in [3.05, 3.63) is 52.0 Å². The van der Waals surface area contributed by atoms with Crippen LogP contribution < -0.4 is 4.74 Å². The van der Waals surface area contributed by atoms with Crippen molar-refractivity contribution in [1.29, 1.82) is 0 Å². The molecule has 2 aromatic carbocycles. The molecule has 0 amide bonds. The van der Waals surface area contributed by atoms with Crippen LogP contribution in [0.25, 0.3) is 11.1 Å². The topological polar surface area (TPSA) is 9.23 Å². The highest BCUT2D eigenvalue weighted by atomic mass is 35.5. The fourth-order valence-corrected chi connectivity index (χ4v) is 2.31. The van der Waals surface area contributed by atoms with E-state index >= 15 is 0 Å². The molecule has 0 radical (unpaired) electrons. The Hall–Kier alpha value is -1.39. The first-order valence-electron chi connectivity index (χ1n) is 5.53. The summed E-state index contributed by atoms with van der Waals surface area (Å²) in [6.45, 7) is 0. The number of hydrogen-bond donors (Lipinski definition) is 0. The first-order chi connectivity index (χ1) is 9.32. The van der Waals surface area contributed by atoms with E-state index in [1.165, 1.54) is 19.2 Å². The van der Waals surface area contributed by atoms with Crippen LogP contribution in [0.15, 0.2) is 36.4 Å². The van der Waals surface area contributed by atoms with E-state index in [4.69, 9.17) is 27.9 Å². The van der Waals surface area contributed by atoms with Crippen molar-refractivity contribution in [3.63, 3.8) is 0 Å². The molecule has 0 bridgehead atoms. The van der Waals surface area contributed by atoms with E-state index in [0.717, 1.165) is 12.1 Å². The van der Waals surface area contributed by atoms with Gasteiger partial charge in [0.15, 0.2) is 0 Å². The molecule has 0 heterocycles. The molecule has 0 aromatic heterocycles. The zero-order valence-corrected chi connectivity index (χ0v) is 11.8. The van der Waals surface area contributed by atoms with Crippen molar-refractivity contribution in [1.82, 2.24) is 0 Å². The van der Waals surface area contributed by atoms with Crippen molar-refractivity contribution < 1.29 is 17.9 Å². The first-order valence-corrected chi connectivity index (χ1v) is 6.29. The Morgan fingerprint density at radius 1 is 0.950 bits per heavy atom. The third kappa shape index (κ3) is 3.02. The number of halogens is 5. The fraction of sp³-hybridized carbons (Fsp3) is 0.143. The molecule has 1 nitrogen and oxygen atoms in total. The summed E-state index contributed by atoms with van der Waals surface area (Å²) in [5, 5.41) is 0.792. The van der Waals surface area contributed by atoms with E-state index in [1.807, 2.05) is 0 Å². The van der Waals surface area contributed by atoms with Crippen LogP contribution in [0.2, 0.25) is 10.0 Å². The molecule has 0 N–H and O–H groups in total. The minimum Gasteiger partial charge on any atom is -0.496 e. The highest BCUT2D eigenvalue weighted by molar-refractivity contribution is 6.36. The van der Waals surface area contributed by atoms with Gasteiger partial charge in [-0.2, -0.15) is 13.2 Å². The molecule has 0 unspecified atom stereocenters. The Kier molecular flexibility index (Phi) is 4.16. The van der Waals surface area contributed by atoms with Gasteiger partial charge in [-0.3, -0.25) is 0 Å². The molecule has 0 aliphatic rings. The summed E-state index contributed by atoms with van der Waals surface area (Å²) < 4.78 is 43.0. The lowest BCUT2D eigenvalue weighted by Crippen LogP contribution is -2.05. The predicted octanol–water partition coefficient (Wildman–Crippen LogP) is 5.69. The number of ether oxygens (including phenoxy) is 1. The Bertz CT molecular complexity index is 639. The van der Waals surface area contributed by atoms with Crippen molar-refractivity contribution in [3.8, 4) is 16.9 Å². The molecule has 2 rings (SSSR count). The molecule has 0 spiro atoms. The van der Waals surface area contributed by atoms with Gasteiger partial charge in [0.1, 0.15) is 5.75 Å². The third-order valence-corrected chi connectivity index (χ3v) is 3.30. The van der Waals surface area contributed by atoms with E-state index in [1.54, 1.807) is 12.1 Å². The summed E-state index contributed by atoms with van der Waals surface area (Å²) in [5.74, 6) is 0.101. The SMILES string of the molecule is COc1cc(C(F)(F)F)ccc1-c1ccc(Cl)cc1Cl. The number of alkyl halides is 3. The lowest BCUT2D eigenvalue weighted by atomic mass is 10.0. The highest BCUT2D eigenvalue weighted by Gasteiger charge is 2.31. The molecule has 0 saturated heterocycles. The van der Waals surface area contributed by atoms with E-state index in [0.29, 0.717) is 21.2 Å². The minimum absolute atomic E-state index is 0.101. The summed E-state index contributed by atoms with van der Waals surface area (Å²) >= 11 is 11.9. The van der Waals surface area contributed by atoms with Gasteiger partial charge < -0.3 is 4.74 Å². The Balaban J connectivity index is 2.57. The van der Waals surface area contributed by atoms with Crippen molar-refractivity contribution in [2.45, 2.75) is 6.18 Å². The smallest absolute Gasteiger partial charge is 0.416 e. The van der Waals surface area contributed by atoms with Crippen LogP contribution in [0, 0.1) is 0 Å². The summed E-state index contributed by atoms with van der Waals surface area (Å²) in [5.41, 5.74) is 0.256. The summed E-state index contributed by atoms with van der Waals surface area (Å²) in [6.07, 6.45) is -4.42. The van der Waals surface area contributed by atoms with Crippen molar-refractivity contribution in [2.75, 3.05) is 7.11 Å². The van der Waals surface area contributed by atoms with Gasteiger partial charge in [0.05, 0.1) is 17.7 Å². The monoisotopic (exact) mass is 320 g/mol. The maximum Gasteiger partial charge on any atom is 0.416 e. The molecule has 2 aromatic rings. The summed E-state index contributed by atoms with van der Waals surface area (Å²) in [4.78, 5) is 0. The van der Waals surface area contributed by atoms with Gasteiger partial charge in [0.25, 0.3) is 0 Å². The second kappa shape index (κ2) is 5.54. The predicted molar refractivity (Wildman–Crippen MR) is 73.5 cm³/mol. The van der Waals surface area contributed by atoms with Crippen LogP contribution in [-0.4, -0.2) is 7.11 Å². The molecule has 0 saturated carbocycles. The lowest BCUT2D eigenvalue weighted by molar-refractivity contribution is -0.137. The number of rotatable bonds is 2.